The van der Waals surface area contributed by atoms with Crippen molar-refractivity contribution in [1.82, 2.24) is 4.81 Å². The minimum Gasteiger partial charge on any atom is -0.490 e. The molecule has 0 aliphatic carbocycles. The first-order valence-electron chi connectivity index (χ1n) is 6.95. The molecule has 0 bridgehead atoms. The van der Waals surface area contributed by atoms with Gasteiger partial charge in [0.1, 0.15) is 0 Å². The molecular weight excluding hydrogens is 271 g/mol. The molecule has 7 heteroatoms. The number of methoxy groups -OCH3 is 1. The Hall–Kier alpha value is -1.86. The van der Waals surface area contributed by atoms with Gasteiger partial charge in [0.2, 0.25) is 0 Å². The summed E-state index contributed by atoms with van der Waals surface area (Å²) < 4.78 is 5.00. The van der Waals surface area contributed by atoms with E-state index >= 15 is 0 Å². The Morgan fingerprint density at radius 3 is 2.90 bits per heavy atom. The smallest absolute Gasteiger partial charge is 0.376 e. The lowest BCUT2D eigenvalue weighted by Gasteiger charge is -2.29. The molecule has 0 amide bonds. The lowest BCUT2D eigenvalue weighted by Crippen LogP contribution is -2.41. The molecule has 1 aliphatic rings. The summed E-state index contributed by atoms with van der Waals surface area (Å²) in [6.45, 7) is 3.32. The molecule has 1 aromatic rings. The Labute approximate surface area is 124 Å². The Kier molecular flexibility index (Phi) is 4.98. The average molecular weight is 290 g/mol. The van der Waals surface area contributed by atoms with Gasteiger partial charge in [0.05, 0.1) is 12.0 Å². The van der Waals surface area contributed by atoms with Crippen LogP contribution in [0.15, 0.2) is 23.8 Å². The molecule has 1 N–H and O–H groups in total. The van der Waals surface area contributed by atoms with Crippen LogP contribution in [0.3, 0.4) is 0 Å². The van der Waals surface area contributed by atoms with E-state index in [4.69, 9.17) is 4.74 Å². The molecule has 1 aromatic carbocycles. The highest BCUT2D eigenvalue weighted by molar-refractivity contribution is 6.45. The van der Waals surface area contributed by atoms with Gasteiger partial charge in [-0.05, 0) is 37.8 Å². The van der Waals surface area contributed by atoms with Crippen molar-refractivity contribution in [3.8, 4) is 5.75 Å². The molecule has 1 heterocycles. The molecule has 0 atom stereocenters. The minimum absolute atomic E-state index is 0.0324. The highest BCUT2D eigenvalue weighted by atomic mass is 16.6. The second-order valence-corrected chi connectivity index (χ2v) is 5.20. The summed E-state index contributed by atoms with van der Waals surface area (Å²) in [5.41, 5.74) is 1.92. The monoisotopic (exact) mass is 290 g/mol. The van der Waals surface area contributed by atoms with Crippen LogP contribution in [0, 0.1) is 10.1 Å². The summed E-state index contributed by atoms with van der Waals surface area (Å²) in [5, 5.41) is 20.7. The Morgan fingerprint density at radius 2 is 2.29 bits per heavy atom. The van der Waals surface area contributed by atoms with E-state index in [2.05, 4.69) is 0 Å². The number of ether oxygens (including phenoxy) is 1. The van der Waals surface area contributed by atoms with E-state index in [1.165, 1.54) is 18.7 Å². The van der Waals surface area contributed by atoms with Crippen molar-refractivity contribution in [3.63, 3.8) is 0 Å². The molecule has 6 nitrogen and oxygen atoms in total. The van der Waals surface area contributed by atoms with Crippen molar-refractivity contribution in [2.24, 2.45) is 0 Å². The molecule has 0 saturated carbocycles. The molecule has 112 valence electrons. The Morgan fingerprint density at radius 1 is 1.52 bits per heavy atom. The summed E-state index contributed by atoms with van der Waals surface area (Å²) in [5.74, 6) is 0.261. The van der Waals surface area contributed by atoms with E-state index in [0.717, 1.165) is 24.9 Å². The lowest BCUT2D eigenvalue weighted by molar-refractivity contribution is -0.385. The normalized spacial score (nSPS) is 17.8. The maximum atomic E-state index is 11.0. The first kappa shape index (κ1) is 15.5. The van der Waals surface area contributed by atoms with Crippen LogP contribution in [0.4, 0.5) is 5.69 Å². The van der Waals surface area contributed by atoms with Crippen LogP contribution in [-0.4, -0.2) is 42.0 Å². The summed E-state index contributed by atoms with van der Waals surface area (Å²) in [6.07, 6.45) is 3.89. The van der Waals surface area contributed by atoms with E-state index in [0.29, 0.717) is 6.54 Å². The third-order valence-electron chi connectivity index (χ3n) is 3.65. The standard InChI is InChI=1S/C14H19BN2O4/c1-15(18)16-7-3-4-12(10-16)8-11-5-6-14(21-2)13(9-11)17(19)20/h5-6,8-9,18H,3-4,7,10H2,1-2H3/b12-8+. The first-order valence-corrected chi connectivity index (χ1v) is 6.95. The molecule has 1 aliphatic heterocycles. The highest BCUT2D eigenvalue weighted by Gasteiger charge is 2.21. The zero-order valence-corrected chi connectivity index (χ0v) is 12.3. The fourth-order valence-electron chi connectivity index (χ4n) is 2.54. The van der Waals surface area contributed by atoms with Crippen LogP contribution >= 0.6 is 0 Å². The lowest BCUT2D eigenvalue weighted by atomic mass is 9.82. The first-order chi connectivity index (χ1) is 10.0. The van der Waals surface area contributed by atoms with E-state index in [1.54, 1.807) is 19.0 Å². The highest BCUT2D eigenvalue weighted by Crippen LogP contribution is 2.29. The van der Waals surface area contributed by atoms with Gasteiger partial charge >= 0.3 is 12.7 Å². The topological polar surface area (TPSA) is 75.8 Å². The number of nitro groups is 1. The molecule has 0 unspecified atom stereocenters. The van der Waals surface area contributed by atoms with Gasteiger partial charge in [0.15, 0.2) is 5.75 Å². The van der Waals surface area contributed by atoms with Gasteiger partial charge < -0.3 is 14.6 Å². The van der Waals surface area contributed by atoms with Crippen LogP contribution < -0.4 is 4.74 Å². The second-order valence-electron chi connectivity index (χ2n) is 5.20. The van der Waals surface area contributed by atoms with Crippen molar-refractivity contribution < 1.29 is 14.7 Å². The van der Waals surface area contributed by atoms with Gasteiger partial charge in [-0.3, -0.25) is 10.1 Å². The molecule has 0 radical (unpaired) electrons. The van der Waals surface area contributed by atoms with Gasteiger partial charge in [-0.2, -0.15) is 0 Å². The number of hydrogen-bond donors (Lipinski definition) is 1. The van der Waals surface area contributed by atoms with E-state index < -0.39 is 12.0 Å². The van der Waals surface area contributed by atoms with Crippen LogP contribution in [-0.2, 0) is 0 Å². The van der Waals surface area contributed by atoms with Crippen molar-refractivity contribution in [2.75, 3.05) is 20.2 Å². The third kappa shape index (κ3) is 3.83. The Bertz CT molecular complexity index is 560. The zero-order valence-electron chi connectivity index (χ0n) is 12.3. The predicted molar refractivity (Wildman–Crippen MR) is 82.3 cm³/mol. The summed E-state index contributed by atoms with van der Waals surface area (Å²) in [7, 11) is 0.946. The second kappa shape index (κ2) is 6.73. The maximum Gasteiger partial charge on any atom is 0.376 e. The molecule has 2 rings (SSSR count). The van der Waals surface area contributed by atoms with E-state index in [9.17, 15) is 15.1 Å². The average Bonchev–Trinajstić information content (AvgIpc) is 2.47. The minimum atomic E-state index is -0.473. The number of nitrogens with zero attached hydrogens (tertiary/aromatic N) is 2. The van der Waals surface area contributed by atoms with Crippen molar-refractivity contribution >= 4 is 18.8 Å². The third-order valence-corrected chi connectivity index (χ3v) is 3.65. The van der Waals surface area contributed by atoms with Crippen molar-refractivity contribution in [1.29, 1.82) is 0 Å². The fraction of sp³-hybridized carbons (Fsp3) is 0.429. The number of piperidine rings is 1. The van der Waals surface area contributed by atoms with Crippen LogP contribution in [0.1, 0.15) is 18.4 Å². The Balaban J connectivity index is 2.24. The van der Waals surface area contributed by atoms with Crippen LogP contribution in [0.2, 0.25) is 6.82 Å². The van der Waals surface area contributed by atoms with Crippen molar-refractivity contribution in [2.45, 2.75) is 19.7 Å². The number of benzene rings is 1. The molecule has 21 heavy (non-hydrogen) atoms. The summed E-state index contributed by atoms with van der Waals surface area (Å²) in [4.78, 5) is 12.6. The van der Waals surface area contributed by atoms with E-state index in [-0.39, 0.29) is 11.4 Å². The molecule has 1 saturated heterocycles. The molecular formula is C14H19BN2O4. The van der Waals surface area contributed by atoms with Crippen LogP contribution in [0.5, 0.6) is 5.75 Å². The van der Waals surface area contributed by atoms with Gasteiger partial charge in [0, 0.05) is 12.6 Å². The van der Waals surface area contributed by atoms with Gasteiger partial charge in [0.25, 0.3) is 0 Å². The fourth-order valence-corrected chi connectivity index (χ4v) is 2.54. The quantitative estimate of drug-likeness (QED) is 0.522. The largest absolute Gasteiger partial charge is 0.490 e. The SMILES string of the molecule is COc1ccc(/C=C2\CCCN(B(C)O)C2)cc1[N+](=O)[O-]. The zero-order chi connectivity index (χ0) is 15.4. The maximum absolute atomic E-state index is 11.0. The molecule has 0 aromatic heterocycles. The number of nitro benzene ring substituents is 1. The van der Waals surface area contributed by atoms with Crippen LogP contribution in [0.25, 0.3) is 6.08 Å². The molecule has 1 fully saturated rings. The van der Waals surface area contributed by atoms with Crippen molar-refractivity contribution in [3.05, 3.63) is 39.4 Å². The summed E-state index contributed by atoms with van der Waals surface area (Å²) in [6, 6.07) is 4.94. The summed E-state index contributed by atoms with van der Waals surface area (Å²) >= 11 is 0. The molecule has 0 spiro atoms. The number of rotatable bonds is 4. The van der Waals surface area contributed by atoms with Gasteiger partial charge in [-0.15, -0.1) is 0 Å². The van der Waals surface area contributed by atoms with Gasteiger partial charge in [-0.1, -0.05) is 17.7 Å². The van der Waals surface area contributed by atoms with Gasteiger partial charge in [-0.25, -0.2) is 0 Å². The number of hydrogen-bond acceptors (Lipinski definition) is 5. The predicted octanol–water partition coefficient (Wildman–Crippen LogP) is 2.19. The van der Waals surface area contributed by atoms with E-state index in [1.807, 2.05) is 10.9 Å².